The number of methoxy groups -OCH3 is 1. The summed E-state index contributed by atoms with van der Waals surface area (Å²) in [6.07, 6.45) is 2.69. The molecule has 0 aliphatic carbocycles. The van der Waals surface area contributed by atoms with Crippen LogP contribution in [-0.4, -0.2) is 27.8 Å². The summed E-state index contributed by atoms with van der Waals surface area (Å²) in [6, 6.07) is 9.79. The van der Waals surface area contributed by atoms with Gasteiger partial charge in [-0.05, 0) is 56.3 Å². The molecule has 0 fully saturated rings. The lowest BCUT2D eigenvalue weighted by Gasteiger charge is -2.05. The Morgan fingerprint density at radius 2 is 1.90 bits per heavy atom. The van der Waals surface area contributed by atoms with Crippen molar-refractivity contribution in [2.24, 2.45) is 0 Å². The fourth-order valence-electron chi connectivity index (χ4n) is 2.88. The first-order valence-electron chi connectivity index (χ1n) is 8.84. The molecule has 9 heteroatoms. The number of hydrogen-bond donors (Lipinski definition) is 0. The zero-order chi connectivity index (χ0) is 21.8. The molecule has 0 aliphatic rings. The lowest BCUT2D eigenvalue weighted by Crippen LogP contribution is -2.06. The van der Waals surface area contributed by atoms with Crippen LogP contribution in [0.1, 0.15) is 17.0 Å². The SMILES string of the molecule is COc1ccc(OC(=O)/C=C/c2c(C)nn(-c3ccc(F)cc3)c2C)c([N+](=O)[O-])c1. The first-order valence-corrected chi connectivity index (χ1v) is 8.84. The van der Waals surface area contributed by atoms with E-state index in [1.165, 1.54) is 49.6 Å². The molecule has 3 aromatic rings. The van der Waals surface area contributed by atoms with E-state index in [2.05, 4.69) is 5.10 Å². The van der Waals surface area contributed by atoms with Gasteiger partial charge in [0.15, 0.2) is 0 Å². The first-order chi connectivity index (χ1) is 14.3. The van der Waals surface area contributed by atoms with Crippen molar-refractivity contribution >= 4 is 17.7 Å². The van der Waals surface area contributed by atoms with Crippen molar-refractivity contribution in [1.29, 1.82) is 0 Å². The molecule has 0 atom stereocenters. The summed E-state index contributed by atoms with van der Waals surface area (Å²) in [7, 11) is 1.38. The standard InChI is InChI=1S/C21H18FN3O5/c1-13-18(14(2)24(23-13)16-6-4-15(22)5-7-16)9-11-21(26)30-20-10-8-17(29-3)12-19(20)25(27)28/h4-12H,1-3H3/b11-9+. The number of carbonyl (C=O) groups excluding carboxylic acids is 1. The fraction of sp³-hybridized carbons (Fsp3) is 0.143. The van der Waals surface area contributed by atoms with Gasteiger partial charge in [-0.25, -0.2) is 13.9 Å². The van der Waals surface area contributed by atoms with E-state index in [1.807, 2.05) is 6.92 Å². The van der Waals surface area contributed by atoms with E-state index >= 15 is 0 Å². The van der Waals surface area contributed by atoms with Crippen molar-refractivity contribution in [3.63, 3.8) is 0 Å². The first kappa shape index (κ1) is 20.7. The van der Waals surface area contributed by atoms with Crippen LogP contribution in [0.2, 0.25) is 0 Å². The zero-order valence-corrected chi connectivity index (χ0v) is 16.5. The van der Waals surface area contributed by atoms with Crippen LogP contribution < -0.4 is 9.47 Å². The molecule has 30 heavy (non-hydrogen) atoms. The Morgan fingerprint density at radius 1 is 1.20 bits per heavy atom. The monoisotopic (exact) mass is 411 g/mol. The Hall–Kier alpha value is -4.01. The predicted molar refractivity (Wildman–Crippen MR) is 107 cm³/mol. The average Bonchev–Trinajstić information content (AvgIpc) is 3.00. The topological polar surface area (TPSA) is 96.5 Å². The van der Waals surface area contributed by atoms with Crippen LogP contribution in [0.4, 0.5) is 10.1 Å². The number of nitro groups is 1. The lowest BCUT2D eigenvalue weighted by molar-refractivity contribution is -0.385. The highest BCUT2D eigenvalue weighted by Gasteiger charge is 2.19. The third-order valence-electron chi connectivity index (χ3n) is 4.38. The van der Waals surface area contributed by atoms with E-state index in [-0.39, 0.29) is 23.0 Å². The van der Waals surface area contributed by atoms with Crippen molar-refractivity contribution < 1.29 is 23.6 Å². The van der Waals surface area contributed by atoms with Crippen LogP contribution in [0.5, 0.6) is 11.5 Å². The number of ether oxygens (including phenoxy) is 2. The zero-order valence-electron chi connectivity index (χ0n) is 16.5. The third-order valence-corrected chi connectivity index (χ3v) is 4.38. The Balaban J connectivity index is 1.82. The smallest absolute Gasteiger partial charge is 0.336 e. The number of aryl methyl sites for hydroxylation is 1. The van der Waals surface area contributed by atoms with E-state index in [0.717, 1.165) is 5.69 Å². The van der Waals surface area contributed by atoms with Gasteiger partial charge >= 0.3 is 11.7 Å². The largest absolute Gasteiger partial charge is 0.496 e. The summed E-state index contributed by atoms with van der Waals surface area (Å²) in [6.45, 7) is 3.58. The van der Waals surface area contributed by atoms with Crippen LogP contribution in [0, 0.1) is 29.8 Å². The molecule has 1 heterocycles. The van der Waals surface area contributed by atoms with Gasteiger partial charge in [0.1, 0.15) is 11.6 Å². The van der Waals surface area contributed by atoms with Gasteiger partial charge in [-0.1, -0.05) is 0 Å². The van der Waals surface area contributed by atoms with Gasteiger partial charge in [0.2, 0.25) is 5.75 Å². The number of nitro benzene ring substituents is 1. The predicted octanol–water partition coefficient (Wildman–Crippen LogP) is 4.16. The number of aromatic nitrogens is 2. The minimum Gasteiger partial charge on any atom is -0.496 e. The van der Waals surface area contributed by atoms with Crippen molar-refractivity contribution in [3.05, 3.63) is 81.4 Å². The number of carbonyl (C=O) groups is 1. The molecule has 3 rings (SSSR count). The van der Waals surface area contributed by atoms with Gasteiger partial charge in [-0.2, -0.15) is 5.10 Å². The number of rotatable bonds is 6. The molecule has 8 nitrogen and oxygen atoms in total. The molecule has 0 amide bonds. The summed E-state index contributed by atoms with van der Waals surface area (Å²) >= 11 is 0. The second-order valence-electron chi connectivity index (χ2n) is 6.32. The summed E-state index contributed by atoms with van der Waals surface area (Å²) < 4.78 is 24.9. The van der Waals surface area contributed by atoms with Gasteiger partial charge in [0.25, 0.3) is 0 Å². The molecule has 0 spiro atoms. The van der Waals surface area contributed by atoms with Gasteiger partial charge in [0.05, 0.1) is 29.5 Å². The summed E-state index contributed by atoms with van der Waals surface area (Å²) in [4.78, 5) is 22.8. The van der Waals surface area contributed by atoms with Crippen LogP contribution in [0.15, 0.2) is 48.5 Å². The van der Waals surface area contributed by atoms with Crippen molar-refractivity contribution in [3.8, 4) is 17.2 Å². The highest BCUT2D eigenvalue weighted by molar-refractivity contribution is 5.89. The summed E-state index contributed by atoms with van der Waals surface area (Å²) in [5.41, 5.74) is 2.36. The Bertz CT molecular complexity index is 1140. The quantitative estimate of drug-likeness (QED) is 0.199. The normalized spacial score (nSPS) is 10.9. The van der Waals surface area contributed by atoms with Crippen LogP contribution in [-0.2, 0) is 4.79 Å². The molecule has 0 radical (unpaired) electrons. The van der Waals surface area contributed by atoms with Crippen molar-refractivity contribution in [2.75, 3.05) is 7.11 Å². The van der Waals surface area contributed by atoms with Crippen LogP contribution in [0.3, 0.4) is 0 Å². The van der Waals surface area contributed by atoms with E-state index < -0.39 is 10.9 Å². The maximum Gasteiger partial charge on any atom is 0.336 e. The van der Waals surface area contributed by atoms with E-state index in [9.17, 15) is 19.3 Å². The number of benzene rings is 2. The van der Waals surface area contributed by atoms with Crippen molar-refractivity contribution in [1.82, 2.24) is 9.78 Å². The van der Waals surface area contributed by atoms with Crippen LogP contribution >= 0.6 is 0 Å². The Kier molecular flexibility index (Phi) is 5.91. The highest BCUT2D eigenvalue weighted by Crippen LogP contribution is 2.31. The van der Waals surface area contributed by atoms with Crippen molar-refractivity contribution in [2.45, 2.75) is 13.8 Å². The fourth-order valence-corrected chi connectivity index (χ4v) is 2.88. The highest BCUT2D eigenvalue weighted by atomic mass is 19.1. The minimum atomic E-state index is -0.781. The molecule has 0 saturated heterocycles. The maximum absolute atomic E-state index is 13.2. The second-order valence-corrected chi connectivity index (χ2v) is 6.32. The van der Waals surface area contributed by atoms with E-state index in [0.29, 0.717) is 16.9 Å². The molecule has 1 aromatic heterocycles. The van der Waals surface area contributed by atoms with Crippen LogP contribution in [0.25, 0.3) is 11.8 Å². The molecular formula is C21H18FN3O5. The van der Waals surface area contributed by atoms with E-state index in [4.69, 9.17) is 9.47 Å². The molecule has 0 N–H and O–H groups in total. The third kappa shape index (κ3) is 4.35. The number of hydrogen-bond acceptors (Lipinski definition) is 6. The number of esters is 1. The molecule has 0 saturated carbocycles. The Morgan fingerprint density at radius 3 is 2.53 bits per heavy atom. The number of halogens is 1. The van der Waals surface area contributed by atoms with Gasteiger partial charge in [-0.15, -0.1) is 0 Å². The Labute approximate surface area is 171 Å². The molecule has 0 bridgehead atoms. The van der Waals surface area contributed by atoms with Gasteiger partial charge in [0, 0.05) is 17.3 Å². The van der Waals surface area contributed by atoms with E-state index in [1.54, 1.807) is 23.7 Å². The second kappa shape index (κ2) is 8.56. The van der Waals surface area contributed by atoms with Gasteiger partial charge < -0.3 is 9.47 Å². The molecule has 154 valence electrons. The summed E-state index contributed by atoms with van der Waals surface area (Å²) in [5.74, 6) is -1.05. The molecule has 0 aliphatic heterocycles. The summed E-state index contributed by atoms with van der Waals surface area (Å²) in [5, 5.41) is 15.6. The molecular weight excluding hydrogens is 393 g/mol. The molecule has 2 aromatic carbocycles. The molecule has 0 unspecified atom stereocenters. The lowest BCUT2D eigenvalue weighted by atomic mass is 10.2. The average molecular weight is 411 g/mol. The van der Waals surface area contributed by atoms with Gasteiger partial charge in [-0.3, -0.25) is 10.1 Å². The maximum atomic E-state index is 13.2. The minimum absolute atomic E-state index is 0.189. The number of nitrogens with zero attached hydrogens (tertiary/aromatic N) is 3.